The molecule has 5 aromatic rings. The van der Waals surface area contributed by atoms with Crippen LogP contribution in [0.3, 0.4) is 0 Å². The van der Waals surface area contributed by atoms with Gasteiger partial charge in [-0.1, -0.05) is 109 Å². The Morgan fingerprint density at radius 3 is 1.20 bits per heavy atom. The van der Waals surface area contributed by atoms with Gasteiger partial charge in [0.1, 0.15) is 0 Å². The Morgan fingerprint density at radius 2 is 0.843 bits per heavy atom. The Hall–Kier alpha value is -3.80. The van der Waals surface area contributed by atoms with Gasteiger partial charge in [0.05, 0.1) is 8.07 Å². The van der Waals surface area contributed by atoms with Crippen molar-refractivity contribution in [3.05, 3.63) is 160 Å². The fourth-order valence-electron chi connectivity index (χ4n) is 5.96. The van der Waals surface area contributed by atoms with Crippen molar-refractivity contribution >= 4 is 56.0 Å². The molecule has 0 aliphatic heterocycles. The van der Waals surface area contributed by atoms with Crippen LogP contribution in [0.5, 0.6) is 0 Å². The van der Waals surface area contributed by atoms with Gasteiger partial charge in [0.15, 0.2) is 58.2 Å². The number of hydrogen-bond acceptors (Lipinski definition) is 1. The molecule has 0 saturated heterocycles. The highest BCUT2D eigenvalue weighted by atomic mass is 32.2. The average molecular weight is 765 g/mol. The largest absolute Gasteiger partial charge is 0.253 e. The Labute approximate surface area is 295 Å². The third-order valence-corrected chi connectivity index (χ3v) is 15.9. The summed E-state index contributed by atoms with van der Waals surface area (Å²) in [5.41, 5.74) is -3.65. The summed E-state index contributed by atoms with van der Waals surface area (Å²) in [4.78, 5) is 1.12. The van der Waals surface area contributed by atoms with Gasteiger partial charge in [0, 0.05) is 21.6 Å². The van der Waals surface area contributed by atoms with Gasteiger partial charge in [-0.15, -0.1) is 11.8 Å². The SMILES string of the molecule is C[Si](C)(C)/C(=C(\CCSc1ccccc1)B(c1c(F)c(F)c(F)c(F)c1F)c1c(F)c(F)c(F)c(F)c1F)P(c1ccccc1)c1ccccc1. The molecule has 264 valence electrons. The standard InChI is InChI=1S/C37H28BF10PSSi/c1-51(2,3)37(49(21-13-7-4-8-14-21)22-15-9-5-10-16-22)24(19-20-50-23-17-11-6-12-18-23)38(25-27(39)31(43)35(47)32(44)28(25)40)26-29(41)33(45)36(48)34(46)30(26)42/h4-18H,19-20H2,1-3H3/b37-24+. The van der Waals surface area contributed by atoms with Crippen LogP contribution >= 0.6 is 19.7 Å². The normalized spacial score (nSPS) is 12.4. The number of benzene rings is 5. The molecule has 5 aromatic carbocycles. The minimum Gasteiger partial charge on any atom is -0.204 e. The first-order valence-electron chi connectivity index (χ1n) is 15.5. The van der Waals surface area contributed by atoms with Crippen molar-refractivity contribution in [3.63, 3.8) is 0 Å². The maximum absolute atomic E-state index is 16.0. The molecule has 0 amide bonds. The first-order valence-corrected chi connectivity index (χ1v) is 21.3. The van der Waals surface area contributed by atoms with E-state index >= 15 is 35.1 Å². The lowest BCUT2D eigenvalue weighted by molar-refractivity contribution is 0.382. The van der Waals surface area contributed by atoms with Gasteiger partial charge in [-0.3, -0.25) is 0 Å². The van der Waals surface area contributed by atoms with E-state index in [9.17, 15) is 8.78 Å². The second-order valence-electron chi connectivity index (χ2n) is 12.4. The van der Waals surface area contributed by atoms with Gasteiger partial charge in [-0.05, 0) is 37.1 Å². The van der Waals surface area contributed by atoms with E-state index in [1.54, 1.807) is 91.0 Å². The van der Waals surface area contributed by atoms with Crippen LogP contribution in [0.2, 0.25) is 19.6 Å². The Balaban J connectivity index is 2.00. The molecule has 0 unspecified atom stereocenters. The van der Waals surface area contributed by atoms with E-state index in [-0.39, 0.29) is 17.6 Å². The monoisotopic (exact) mass is 764 g/mol. The summed E-state index contributed by atoms with van der Waals surface area (Å²) in [5, 5.41) is 1.33. The molecule has 14 heteroatoms. The number of halogens is 10. The molecule has 5 rings (SSSR count). The van der Waals surface area contributed by atoms with Crippen molar-refractivity contribution in [3.8, 4) is 0 Å². The molecule has 0 aromatic heterocycles. The molecular weight excluding hydrogens is 736 g/mol. The van der Waals surface area contributed by atoms with E-state index < -0.39 is 91.8 Å². The quantitative estimate of drug-likeness (QED) is 0.0323. The topological polar surface area (TPSA) is 0 Å². The van der Waals surface area contributed by atoms with Crippen molar-refractivity contribution in [1.29, 1.82) is 0 Å². The summed E-state index contributed by atoms with van der Waals surface area (Å²) < 4.78 is 153. The van der Waals surface area contributed by atoms with E-state index in [1.807, 2.05) is 19.6 Å². The summed E-state index contributed by atoms with van der Waals surface area (Å²) in [7, 11) is -4.78. The fourth-order valence-corrected chi connectivity index (χ4v) is 13.8. The molecule has 0 fully saturated rings. The van der Waals surface area contributed by atoms with Gasteiger partial charge >= 0.3 is 0 Å². The molecule has 0 spiro atoms. The average Bonchev–Trinajstić information content (AvgIpc) is 3.13. The predicted octanol–water partition coefficient (Wildman–Crippen LogP) is 9.67. The number of thioether (sulfide) groups is 1. The second-order valence-corrected chi connectivity index (χ2v) is 21.2. The highest BCUT2D eigenvalue weighted by Crippen LogP contribution is 2.50. The molecule has 0 N–H and O–H groups in total. The lowest BCUT2D eigenvalue weighted by Crippen LogP contribution is -2.53. The minimum absolute atomic E-state index is 0.0291. The van der Waals surface area contributed by atoms with Crippen molar-refractivity contribution < 1.29 is 43.9 Å². The molecular formula is C37H28BF10PSSi. The van der Waals surface area contributed by atoms with Crippen LogP contribution in [0.25, 0.3) is 0 Å². The summed E-state index contributed by atoms with van der Waals surface area (Å²) >= 11 is 1.22. The van der Waals surface area contributed by atoms with E-state index in [0.29, 0.717) is 20.4 Å². The highest BCUT2D eigenvalue weighted by Gasteiger charge is 2.45. The minimum atomic E-state index is -3.00. The Kier molecular flexibility index (Phi) is 11.9. The molecule has 0 aliphatic carbocycles. The molecule has 0 saturated carbocycles. The summed E-state index contributed by atoms with van der Waals surface area (Å²) in [6, 6.07) is 26.2. The number of hydrogen-bond donors (Lipinski definition) is 0. The smallest absolute Gasteiger partial charge is 0.204 e. The van der Waals surface area contributed by atoms with Crippen molar-refractivity contribution in [1.82, 2.24) is 0 Å². The van der Waals surface area contributed by atoms with Crippen molar-refractivity contribution in [2.75, 3.05) is 5.75 Å². The summed E-state index contributed by atoms with van der Waals surface area (Å²) in [6.45, 7) is 2.83. The molecule has 0 radical (unpaired) electrons. The van der Waals surface area contributed by atoms with E-state index in [2.05, 4.69) is 0 Å². The molecule has 0 aliphatic rings. The van der Waals surface area contributed by atoms with Crippen LogP contribution in [-0.2, 0) is 0 Å². The first-order chi connectivity index (χ1) is 24.2. The molecule has 51 heavy (non-hydrogen) atoms. The Morgan fingerprint density at radius 1 is 0.510 bits per heavy atom. The molecule has 0 nitrogen and oxygen atoms in total. The molecule has 0 heterocycles. The van der Waals surface area contributed by atoms with Crippen LogP contribution < -0.4 is 21.5 Å². The van der Waals surface area contributed by atoms with Crippen LogP contribution in [0.1, 0.15) is 6.42 Å². The fraction of sp³-hybridized carbons (Fsp3) is 0.135. The van der Waals surface area contributed by atoms with Crippen LogP contribution in [0.4, 0.5) is 43.9 Å². The third-order valence-electron chi connectivity index (χ3n) is 8.06. The van der Waals surface area contributed by atoms with E-state index in [4.69, 9.17) is 0 Å². The zero-order chi connectivity index (χ0) is 37.2. The number of rotatable bonds is 11. The van der Waals surface area contributed by atoms with Gasteiger partial charge in [-0.2, -0.15) is 0 Å². The van der Waals surface area contributed by atoms with Crippen LogP contribution in [0, 0.1) is 58.2 Å². The lowest BCUT2D eigenvalue weighted by atomic mass is 9.35. The first kappa shape index (κ1) is 38.4. The van der Waals surface area contributed by atoms with Crippen LogP contribution in [-0.4, -0.2) is 20.5 Å². The van der Waals surface area contributed by atoms with Gasteiger partial charge in [0.25, 0.3) is 6.71 Å². The zero-order valence-corrected chi connectivity index (χ0v) is 30.0. The van der Waals surface area contributed by atoms with Gasteiger partial charge in [0.2, 0.25) is 0 Å². The van der Waals surface area contributed by atoms with Crippen molar-refractivity contribution in [2.45, 2.75) is 31.0 Å². The second kappa shape index (κ2) is 15.8. The van der Waals surface area contributed by atoms with Gasteiger partial charge < -0.3 is 0 Å². The van der Waals surface area contributed by atoms with E-state index in [0.717, 1.165) is 0 Å². The molecule has 0 atom stereocenters. The maximum Gasteiger partial charge on any atom is 0.253 e. The summed E-state index contributed by atoms with van der Waals surface area (Å²) in [6.07, 6.45) is -0.304. The third kappa shape index (κ3) is 7.71. The van der Waals surface area contributed by atoms with Gasteiger partial charge in [-0.25, -0.2) is 43.9 Å². The van der Waals surface area contributed by atoms with Crippen LogP contribution in [0.15, 0.2) is 106 Å². The lowest BCUT2D eigenvalue weighted by Gasteiger charge is -2.36. The van der Waals surface area contributed by atoms with E-state index in [1.165, 1.54) is 11.8 Å². The predicted molar refractivity (Wildman–Crippen MR) is 189 cm³/mol. The Bertz CT molecular complexity index is 1910. The molecule has 0 bridgehead atoms. The summed E-state index contributed by atoms with van der Waals surface area (Å²) in [5.74, 6) is -24.6. The zero-order valence-electron chi connectivity index (χ0n) is 27.3. The number of allylic oxidation sites excluding steroid dienone is 1. The highest BCUT2D eigenvalue weighted by molar-refractivity contribution is 7.99. The maximum atomic E-state index is 16.0. The van der Waals surface area contributed by atoms with Crippen molar-refractivity contribution in [2.24, 2.45) is 0 Å².